The molecule has 0 aliphatic rings. The van der Waals surface area contributed by atoms with Crippen LogP contribution in [0.15, 0.2) is 36.4 Å². The fraction of sp³-hybridized carbons (Fsp3) is 0.286. The van der Waals surface area contributed by atoms with E-state index in [4.69, 9.17) is 16.3 Å². The van der Waals surface area contributed by atoms with Gasteiger partial charge in [-0.3, -0.25) is 0 Å². The Morgan fingerprint density at radius 2 is 1.78 bits per heavy atom. The smallest absolute Gasteiger partial charge is 0.151 e. The first kappa shape index (κ1) is 12.8. The van der Waals surface area contributed by atoms with E-state index in [0.717, 1.165) is 23.6 Å². The number of hydrogen-bond acceptors (Lipinski definition) is 3. The lowest BCUT2D eigenvalue weighted by atomic mass is 10.1. The Labute approximate surface area is 112 Å². The third-order valence-electron chi connectivity index (χ3n) is 2.37. The van der Waals surface area contributed by atoms with Gasteiger partial charge in [0.25, 0.3) is 0 Å². The zero-order chi connectivity index (χ0) is 13.0. The topological polar surface area (TPSA) is 35.0 Å². The lowest BCUT2D eigenvalue weighted by molar-refractivity contribution is 0.271. The molecule has 3 nitrogen and oxygen atoms in total. The van der Waals surface area contributed by atoms with Crippen molar-refractivity contribution in [1.82, 2.24) is 10.2 Å². The third-order valence-corrected chi connectivity index (χ3v) is 2.57. The van der Waals surface area contributed by atoms with Crippen molar-refractivity contribution in [2.24, 2.45) is 5.92 Å². The maximum atomic E-state index is 5.70. The Bertz CT molecular complexity index is 494. The highest BCUT2D eigenvalue weighted by Crippen LogP contribution is 2.21. The summed E-state index contributed by atoms with van der Waals surface area (Å²) in [6.07, 6.45) is 0. The number of benzene rings is 1. The molecule has 94 valence electrons. The Balaban J connectivity index is 2.09. The van der Waals surface area contributed by atoms with Crippen LogP contribution in [0.2, 0.25) is 5.15 Å². The normalized spacial score (nSPS) is 10.7. The van der Waals surface area contributed by atoms with Crippen molar-refractivity contribution in [3.05, 3.63) is 41.6 Å². The van der Waals surface area contributed by atoms with Gasteiger partial charge in [0, 0.05) is 5.56 Å². The van der Waals surface area contributed by atoms with Crippen LogP contribution in [0.25, 0.3) is 11.3 Å². The van der Waals surface area contributed by atoms with Gasteiger partial charge < -0.3 is 4.74 Å². The van der Waals surface area contributed by atoms with E-state index in [0.29, 0.717) is 11.1 Å². The first-order valence-electron chi connectivity index (χ1n) is 5.87. The van der Waals surface area contributed by atoms with Crippen LogP contribution in [0, 0.1) is 5.92 Å². The molecule has 0 aliphatic heterocycles. The Morgan fingerprint density at radius 3 is 2.33 bits per heavy atom. The minimum Gasteiger partial charge on any atom is -0.493 e. The summed E-state index contributed by atoms with van der Waals surface area (Å²) in [6.45, 7) is 4.97. The molecule has 0 saturated carbocycles. The van der Waals surface area contributed by atoms with E-state index in [-0.39, 0.29) is 0 Å². The molecule has 4 heteroatoms. The molecule has 18 heavy (non-hydrogen) atoms. The van der Waals surface area contributed by atoms with Crippen molar-refractivity contribution < 1.29 is 4.74 Å². The molecule has 0 N–H and O–H groups in total. The van der Waals surface area contributed by atoms with E-state index in [1.54, 1.807) is 6.07 Å². The third kappa shape index (κ3) is 3.44. The lowest BCUT2D eigenvalue weighted by Crippen LogP contribution is -2.04. The predicted molar refractivity (Wildman–Crippen MR) is 72.8 cm³/mol. The van der Waals surface area contributed by atoms with E-state index in [1.165, 1.54) is 0 Å². The van der Waals surface area contributed by atoms with Crippen molar-refractivity contribution >= 4 is 11.6 Å². The molecule has 0 aliphatic carbocycles. The van der Waals surface area contributed by atoms with Crippen molar-refractivity contribution in [2.75, 3.05) is 6.61 Å². The molecule has 1 aromatic heterocycles. The molecular formula is C14H15ClN2O. The lowest BCUT2D eigenvalue weighted by Gasteiger charge is -2.08. The van der Waals surface area contributed by atoms with Gasteiger partial charge in [-0.15, -0.1) is 10.2 Å². The van der Waals surface area contributed by atoms with Crippen molar-refractivity contribution in [3.63, 3.8) is 0 Å². The van der Waals surface area contributed by atoms with Crippen LogP contribution in [0.1, 0.15) is 13.8 Å². The maximum Gasteiger partial charge on any atom is 0.151 e. The molecule has 0 amide bonds. The minimum absolute atomic E-state index is 0.399. The van der Waals surface area contributed by atoms with E-state index < -0.39 is 0 Å². The van der Waals surface area contributed by atoms with Crippen molar-refractivity contribution in [3.8, 4) is 17.0 Å². The molecule has 0 bridgehead atoms. The number of ether oxygens (including phenoxy) is 1. The van der Waals surface area contributed by atoms with Gasteiger partial charge in [-0.05, 0) is 42.3 Å². The molecule has 0 spiro atoms. The van der Waals surface area contributed by atoms with Crippen LogP contribution >= 0.6 is 11.6 Å². The zero-order valence-corrected chi connectivity index (χ0v) is 11.2. The summed E-state index contributed by atoms with van der Waals surface area (Å²) < 4.78 is 5.62. The standard InChI is InChI=1S/C14H15ClN2O/c1-10(2)9-18-12-5-3-11(4-6-12)13-7-8-14(15)17-16-13/h3-8,10H,9H2,1-2H3. The molecule has 0 radical (unpaired) electrons. The van der Waals surface area contributed by atoms with Crippen LogP contribution in [0.3, 0.4) is 0 Å². The average molecular weight is 263 g/mol. The fourth-order valence-corrected chi connectivity index (χ4v) is 1.56. The number of aromatic nitrogens is 2. The van der Waals surface area contributed by atoms with Crippen LogP contribution in [-0.4, -0.2) is 16.8 Å². The Kier molecular flexibility index (Phi) is 4.15. The second-order valence-electron chi connectivity index (χ2n) is 4.47. The molecular weight excluding hydrogens is 248 g/mol. The average Bonchev–Trinajstić information content (AvgIpc) is 2.38. The van der Waals surface area contributed by atoms with Crippen molar-refractivity contribution in [1.29, 1.82) is 0 Å². The summed E-state index contributed by atoms with van der Waals surface area (Å²) >= 11 is 5.70. The van der Waals surface area contributed by atoms with E-state index in [9.17, 15) is 0 Å². The van der Waals surface area contributed by atoms with Gasteiger partial charge in [0.1, 0.15) is 5.75 Å². The summed E-state index contributed by atoms with van der Waals surface area (Å²) in [5, 5.41) is 8.25. The van der Waals surface area contributed by atoms with Crippen LogP contribution in [0.5, 0.6) is 5.75 Å². The second-order valence-corrected chi connectivity index (χ2v) is 4.86. The maximum absolute atomic E-state index is 5.70. The summed E-state index contributed by atoms with van der Waals surface area (Å²) in [5.74, 6) is 1.39. The largest absolute Gasteiger partial charge is 0.493 e. The summed E-state index contributed by atoms with van der Waals surface area (Å²) in [4.78, 5) is 0. The summed E-state index contributed by atoms with van der Waals surface area (Å²) in [6, 6.07) is 11.4. The minimum atomic E-state index is 0.399. The van der Waals surface area contributed by atoms with E-state index >= 15 is 0 Å². The van der Waals surface area contributed by atoms with Gasteiger partial charge in [-0.1, -0.05) is 25.4 Å². The van der Waals surface area contributed by atoms with Crippen LogP contribution < -0.4 is 4.74 Å². The van der Waals surface area contributed by atoms with Gasteiger partial charge in [0.2, 0.25) is 0 Å². The molecule has 2 aromatic rings. The highest BCUT2D eigenvalue weighted by molar-refractivity contribution is 6.29. The molecule has 0 saturated heterocycles. The molecule has 2 rings (SSSR count). The molecule has 0 atom stereocenters. The number of rotatable bonds is 4. The second kappa shape index (κ2) is 5.83. The van der Waals surface area contributed by atoms with E-state index in [2.05, 4.69) is 24.0 Å². The fourth-order valence-electron chi connectivity index (χ4n) is 1.45. The van der Waals surface area contributed by atoms with Crippen LogP contribution in [-0.2, 0) is 0 Å². The predicted octanol–water partition coefficient (Wildman–Crippen LogP) is 3.83. The molecule has 1 heterocycles. The highest BCUT2D eigenvalue weighted by Gasteiger charge is 2.02. The number of halogens is 1. The molecule has 0 unspecified atom stereocenters. The SMILES string of the molecule is CC(C)COc1ccc(-c2ccc(Cl)nn2)cc1. The Hall–Kier alpha value is -1.61. The van der Waals surface area contributed by atoms with Gasteiger partial charge in [-0.2, -0.15) is 0 Å². The number of nitrogens with zero attached hydrogens (tertiary/aromatic N) is 2. The van der Waals surface area contributed by atoms with Crippen LogP contribution in [0.4, 0.5) is 0 Å². The monoisotopic (exact) mass is 262 g/mol. The quantitative estimate of drug-likeness (QED) is 0.840. The first-order chi connectivity index (χ1) is 8.65. The zero-order valence-electron chi connectivity index (χ0n) is 10.4. The van der Waals surface area contributed by atoms with Gasteiger partial charge in [0.15, 0.2) is 5.15 Å². The first-order valence-corrected chi connectivity index (χ1v) is 6.25. The van der Waals surface area contributed by atoms with Gasteiger partial charge in [0.05, 0.1) is 12.3 Å². The van der Waals surface area contributed by atoms with Gasteiger partial charge >= 0.3 is 0 Å². The summed E-state index contributed by atoms with van der Waals surface area (Å²) in [7, 11) is 0. The Morgan fingerprint density at radius 1 is 1.06 bits per heavy atom. The highest BCUT2D eigenvalue weighted by atomic mass is 35.5. The molecule has 1 aromatic carbocycles. The summed E-state index contributed by atoms with van der Waals surface area (Å²) in [5.41, 5.74) is 1.80. The van der Waals surface area contributed by atoms with E-state index in [1.807, 2.05) is 30.3 Å². The van der Waals surface area contributed by atoms with Gasteiger partial charge in [-0.25, -0.2) is 0 Å². The van der Waals surface area contributed by atoms with Crippen molar-refractivity contribution in [2.45, 2.75) is 13.8 Å². The molecule has 0 fully saturated rings. The number of hydrogen-bond donors (Lipinski definition) is 0.